The highest BCUT2D eigenvalue weighted by Crippen LogP contribution is 1.91. The molecule has 3 nitrogen and oxygen atoms in total. The van der Waals surface area contributed by atoms with Crippen LogP contribution in [0.2, 0.25) is 0 Å². The Bertz CT molecular complexity index is 141. The second-order valence-corrected chi connectivity index (χ2v) is 2.00. The SMILES string of the molecule is CN/C(=N\C#N)C(C)C. The molecule has 0 atom stereocenters. The number of aliphatic imine (C=N–C) groups is 1. The molecule has 0 aliphatic heterocycles. The Balaban J connectivity index is 4.02. The third kappa shape index (κ3) is 2.70. The van der Waals surface area contributed by atoms with Gasteiger partial charge in [0.05, 0.1) is 0 Å². The molecule has 0 aliphatic carbocycles. The summed E-state index contributed by atoms with van der Waals surface area (Å²) in [7, 11) is 1.76. The van der Waals surface area contributed by atoms with Crippen LogP contribution in [0.3, 0.4) is 0 Å². The van der Waals surface area contributed by atoms with Gasteiger partial charge in [-0.25, -0.2) is 0 Å². The summed E-state index contributed by atoms with van der Waals surface area (Å²) < 4.78 is 0. The van der Waals surface area contributed by atoms with Crippen molar-refractivity contribution in [3.05, 3.63) is 0 Å². The minimum absolute atomic E-state index is 0.301. The van der Waals surface area contributed by atoms with E-state index in [0.29, 0.717) is 5.92 Å². The zero-order valence-electron chi connectivity index (χ0n) is 5.97. The van der Waals surface area contributed by atoms with Gasteiger partial charge in [-0.05, 0) is 0 Å². The van der Waals surface area contributed by atoms with Gasteiger partial charge in [0.25, 0.3) is 0 Å². The van der Waals surface area contributed by atoms with Gasteiger partial charge in [-0.15, -0.1) is 0 Å². The molecule has 9 heavy (non-hydrogen) atoms. The molecule has 1 N–H and O–H groups in total. The van der Waals surface area contributed by atoms with Gasteiger partial charge in [0.1, 0.15) is 5.84 Å². The summed E-state index contributed by atoms with van der Waals surface area (Å²) in [6.07, 6.45) is 1.73. The molecule has 0 aliphatic rings. The van der Waals surface area contributed by atoms with Crippen LogP contribution in [0.25, 0.3) is 0 Å². The Kier molecular flexibility index (Phi) is 3.45. The molecule has 0 fully saturated rings. The van der Waals surface area contributed by atoms with E-state index in [1.165, 1.54) is 0 Å². The quantitative estimate of drug-likeness (QED) is 0.319. The normalized spacial score (nSPS) is 11.2. The molecule has 0 heterocycles. The predicted octanol–water partition coefficient (Wildman–Crippen LogP) is 0.741. The second-order valence-electron chi connectivity index (χ2n) is 2.00. The number of hydrogen-bond acceptors (Lipinski definition) is 2. The van der Waals surface area contributed by atoms with Crippen molar-refractivity contribution >= 4 is 5.84 Å². The van der Waals surface area contributed by atoms with Crippen LogP contribution >= 0.6 is 0 Å². The van der Waals surface area contributed by atoms with Crippen LogP contribution in [0.5, 0.6) is 0 Å². The van der Waals surface area contributed by atoms with Gasteiger partial charge in [-0.2, -0.15) is 10.3 Å². The molecule has 0 radical (unpaired) electrons. The first-order chi connectivity index (χ1) is 4.22. The number of nitriles is 1. The van der Waals surface area contributed by atoms with Gasteiger partial charge in [-0.1, -0.05) is 13.8 Å². The van der Waals surface area contributed by atoms with E-state index in [9.17, 15) is 0 Å². The Morgan fingerprint density at radius 2 is 2.22 bits per heavy atom. The summed E-state index contributed by atoms with van der Waals surface area (Å²) in [5.41, 5.74) is 0. The van der Waals surface area contributed by atoms with Crippen LogP contribution in [0, 0.1) is 17.4 Å². The highest BCUT2D eigenvalue weighted by atomic mass is 15.0. The summed E-state index contributed by atoms with van der Waals surface area (Å²) >= 11 is 0. The molecule has 0 aromatic carbocycles. The van der Waals surface area contributed by atoms with Crippen LogP contribution in [0.15, 0.2) is 4.99 Å². The van der Waals surface area contributed by atoms with E-state index in [-0.39, 0.29) is 0 Å². The fourth-order valence-electron chi connectivity index (χ4n) is 0.528. The van der Waals surface area contributed by atoms with Crippen LogP contribution in [-0.2, 0) is 0 Å². The van der Waals surface area contributed by atoms with E-state index in [1.54, 1.807) is 13.2 Å². The number of hydrogen-bond donors (Lipinski definition) is 1. The van der Waals surface area contributed by atoms with Gasteiger partial charge < -0.3 is 5.32 Å². The van der Waals surface area contributed by atoms with Crippen molar-refractivity contribution in [3.63, 3.8) is 0 Å². The third-order valence-electron chi connectivity index (χ3n) is 0.973. The number of amidine groups is 1. The van der Waals surface area contributed by atoms with Crippen LogP contribution in [0.1, 0.15) is 13.8 Å². The number of nitrogens with zero attached hydrogens (tertiary/aromatic N) is 2. The summed E-state index contributed by atoms with van der Waals surface area (Å²) in [6, 6.07) is 0. The van der Waals surface area contributed by atoms with Gasteiger partial charge in [0.2, 0.25) is 6.19 Å². The van der Waals surface area contributed by atoms with Crippen LogP contribution in [0.4, 0.5) is 0 Å². The van der Waals surface area contributed by atoms with E-state index < -0.39 is 0 Å². The molecular formula is C6H11N3. The molecule has 3 heteroatoms. The lowest BCUT2D eigenvalue weighted by atomic mass is 10.2. The van der Waals surface area contributed by atoms with Crippen LogP contribution < -0.4 is 5.32 Å². The van der Waals surface area contributed by atoms with E-state index in [1.807, 2.05) is 13.8 Å². The van der Waals surface area contributed by atoms with Crippen molar-refractivity contribution in [1.82, 2.24) is 5.32 Å². The fraction of sp³-hybridized carbons (Fsp3) is 0.667. The molecule has 0 unspecified atom stereocenters. The average Bonchev–Trinajstić information content (AvgIpc) is 1.82. The van der Waals surface area contributed by atoms with Gasteiger partial charge in [0, 0.05) is 13.0 Å². The Morgan fingerprint density at radius 3 is 2.33 bits per heavy atom. The van der Waals surface area contributed by atoms with Crippen molar-refractivity contribution in [2.45, 2.75) is 13.8 Å². The van der Waals surface area contributed by atoms with Gasteiger partial charge in [-0.3, -0.25) is 0 Å². The van der Waals surface area contributed by atoms with Crippen molar-refractivity contribution < 1.29 is 0 Å². The van der Waals surface area contributed by atoms with Gasteiger partial charge in [0.15, 0.2) is 0 Å². The van der Waals surface area contributed by atoms with Gasteiger partial charge >= 0.3 is 0 Å². The lowest BCUT2D eigenvalue weighted by Gasteiger charge is -2.04. The highest BCUT2D eigenvalue weighted by molar-refractivity contribution is 5.84. The first-order valence-corrected chi connectivity index (χ1v) is 2.86. The summed E-state index contributed by atoms with van der Waals surface area (Å²) in [6.45, 7) is 3.96. The van der Waals surface area contributed by atoms with Crippen molar-refractivity contribution in [2.75, 3.05) is 7.05 Å². The number of nitrogens with one attached hydrogen (secondary N) is 1. The van der Waals surface area contributed by atoms with Crippen molar-refractivity contribution in [3.8, 4) is 6.19 Å². The van der Waals surface area contributed by atoms with E-state index in [0.717, 1.165) is 5.84 Å². The Hall–Kier alpha value is -1.04. The monoisotopic (exact) mass is 125 g/mol. The molecule has 0 saturated carbocycles. The fourth-order valence-corrected chi connectivity index (χ4v) is 0.528. The standard InChI is InChI=1S/C6H11N3/c1-5(2)6(8-3)9-4-7/h5H,1-3H3,(H,8,9). The molecule has 0 aromatic rings. The first-order valence-electron chi connectivity index (χ1n) is 2.86. The summed E-state index contributed by atoms with van der Waals surface area (Å²) in [4.78, 5) is 3.55. The minimum Gasteiger partial charge on any atom is -0.376 e. The summed E-state index contributed by atoms with van der Waals surface area (Å²) in [5.74, 6) is 1.03. The zero-order valence-corrected chi connectivity index (χ0v) is 5.97. The lowest BCUT2D eigenvalue weighted by Crippen LogP contribution is -2.23. The molecule has 0 amide bonds. The largest absolute Gasteiger partial charge is 0.376 e. The maximum Gasteiger partial charge on any atom is 0.207 e. The Morgan fingerprint density at radius 1 is 1.67 bits per heavy atom. The molecule has 50 valence electrons. The zero-order chi connectivity index (χ0) is 7.28. The predicted molar refractivity (Wildman–Crippen MR) is 36.9 cm³/mol. The lowest BCUT2D eigenvalue weighted by molar-refractivity contribution is 0.838. The smallest absolute Gasteiger partial charge is 0.207 e. The minimum atomic E-state index is 0.301. The van der Waals surface area contributed by atoms with Crippen molar-refractivity contribution in [2.24, 2.45) is 10.9 Å². The molecule has 0 saturated heterocycles. The Labute approximate surface area is 55.4 Å². The van der Waals surface area contributed by atoms with E-state index in [4.69, 9.17) is 5.26 Å². The molecule has 0 aromatic heterocycles. The third-order valence-corrected chi connectivity index (χ3v) is 0.973. The van der Waals surface area contributed by atoms with E-state index in [2.05, 4.69) is 10.3 Å². The molecular weight excluding hydrogens is 114 g/mol. The maximum atomic E-state index is 8.14. The highest BCUT2D eigenvalue weighted by Gasteiger charge is 1.99. The number of rotatable bonds is 1. The molecule has 0 spiro atoms. The first kappa shape index (κ1) is 7.96. The average molecular weight is 125 g/mol. The molecule has 0 bridgehead atoms. The van der Waals surface area contributed by atoms with E-state index >= 15 is 0 Å². The second kappa shape index (κ2) is 3.90. The topological polar surface area (TPSA) is 48.2 Å². The van der Waals surface area contributed by atoms with Crippen molar-refractivity contribution in [1.29, 1.82) is 5.26 Å². The maximum absolute atomic E-state index is 8.14. The molecule has 0 rings (SSSR count). The van der Waals surface area contributed by atoms with Crippen LogP contribution in [-0.4, -0.2) is 12.9 Å². The summed E-state index contributed by atoms with van der Waals surface area (Å²) in [5, 5.41) is 11.0.